The van der Waals surface area contributed by atoms with E-state index in [2.05, 4.69) is 0 Å². The Hall–Kier alpha value is -1.19. The Morgan fingerprint density at radius 1 is 1.08 bits per heavy atom. The number of carbonyl (C=O) groups is 2. The normalized spacial score (nSPS) is 9.69. The summed E-state index contributed by atoms with van der Waals surface area (Å²) < 4.78 is 27.1. The summed E-state index contributed by atoms with van der Waals surface area (Å²) in [4.78, 5) is 18.2. The van der Waals surface area contributed by atoms with Gasteiger partial charge >= 0.3 is 11.9 Å². The molecule has 0 aromatic carbocycles. The van der Waals surface area contributed by atoms with Crippen LogP contribution in [0.5, 0.6) is 0 Å². The zero-order chi connectivity index (χ0) is 11.1. The molecule has 0 saturated heterocycles. The molecule has 4 N–H and O–H groups in total. The highest BCUT2D eigenvalue weighted by atomic mass is 32.2. The Labute approximate surface area is 73.2 Å². The highest BCUT2D eigenvalue weighted by molar-refractivity contribution is 7.85. The van der Waals surface area contributed by atoms with Crippen LogP contribution in [0.25, 0.3) is 0 Å². The molecular formula is C4H8O8S. The molecule has 0 heterocycles. The minimum Gasteiger partial charge on any atom is -0.473 e. The highest BCUT2D eigenvalue weighted by Gasteiger charge is 2.04. The van der Waals surface area contributed by atoms with Crippen molar-refractivity contribution in [3.63, 3.8) is 0 Å². The standard InChI is InChI=1S/C2H6O4S.C2H2O4/c3-1-2-7(4,5)6;3-1(4)2(5)6/h3H,1-2H2,(H,4,5,6);(H,3,4)(H,5,6). The minimum atomic E-state index is -3.92. The number of carboxylic acid groups (broad SMARTS) is 2. The molecule has 0 unspecified atom stereocenters. The van der Waals surface area contributed by atoms with E-state index in [0.29, 0.717) is 0 Å². The number of rotatable bonds is 2. The van der Waals surface area contributed by atoms with E-state index in [1.807, 2.05) is 0 Å². The third-order valence-corrected chi connectivity index (χ3v) is 1.23. The van der Waals surface area contributed by atoms with Crippen molar-refractivity contribution < 1.29 is 37.9 Å². The van der Waals surface area contributed by atoms with Crippen LogP contribution >= 0.6 is 0 Å². The van der Waals surface area contributed by atoms with Crippen molar-refractivity contribution in [1.82, 2.24) is 0 Å². The highest BCUT2D eigenvalue weighted by Crippen LogP contribution is 1.75. The van der Waals surface area contributed by atoms with E-state index in [9.17, 15) is 8.42 Å². The molecule has 0 rings (SSSR count). The number of aliphatic hydroxyl groups excluding tert-OH is 1. The summed E-state index contributed by atoms with van der Waals surface area (Å²) in [5.74, 6) is -4.22. The van der Waals surface area contributed by atoms with Crippen molar-refractivity contribution in [1.29, 1.82) is 0 Å². The second kappa shape index (κ2) is 6.34. The van der Waals surface area contributed by atoms with Crippen LogP contribution < -0.4 is 0 Å². The van der Waals surface area contributed by atoms with Gasteiger partial charge in [-0.25, -0.2) is 9.59 Å². The van der Waals surface area contributed by atoms with Gasteiger partial charge in [0.05, 0.1) is 12.4 Å². The van der Waals surface area contributed by atoms with Gasteiger partial charge in [0.1, 0.15) is 0 Å². The predicted molar refractivity (Wildman–Crippen MR) is 38.8 cm³/mol. The van der Waals surface area contributed by atoms with Gasteiger partial charge in [-0.3, -0.25) is 4.55 Å². The number of hydrogen-bond acceptors (Lipinski definition) is 5. The number of aliphatic carboxylic acids is 2. The van der Waals surface area contributed by atoms with E-state index in [0.717, 1.165) is 0 Å². The van der Waals surface area contributed by atoms with Crippen molar-refractivity contribution in [2.24, 2.45) is 0 Å². The summed E-state index contributed by atoms with van der Waals surface area (Å²) >= 11 is 0. The fourth-order valence-corrected chi connectivity index (χ4v) is 0.346. The molecule has 0 aromatic rings. The second-order valence-electron chi connectivity index (χ2n) is 1.62. The van der Waals surface area contributed by atoms with Crippen LogP contribution in [0.1, 0.15) is 0 Å². The molecule has 0 aliphatic heterocycles. The van der Waals surface area contributed by atoms with E-state index in [4.69, 9.17) is 29.5 Å². The SMILES string of the molecule is O=C(O)C(=O)O.O=S(=O)(O)CCO. The average Bonchev–Trinajstić information content (AvgIpc) is 1.85. The molecule has 78 valence electrons. The first-order valence-electron chi connectivity index (χ1n) is 2.73. The molecule has 0 aromatic heterocycles. The molecule has 0 atom stereocenters. The molecule has 0 saturated carbocycles. The lowest BCUT2D eigenvalue weighted by Gasteiger charge is -1.85. The van der Waals surface area contributed by atoms with E-state index < -0.39 is 34.4 Å². The van der Waals surface area contributed by atoms with Crippen molar-refractivity contribution in [2.75, 3.05) is 12.4 Å². The summed E-state index contributed by atoms with van der Waals surface area (Å²) in [6.45, 7) is -0.529. The number of aliphatic hydroxyl groups is 1. The molecular weight excluding hydrogens is 208 g/mol. The predicted octanol–water partition coefficient (Wildman–Crippen LogP) is -1.98. The van der Waals surface area contributed by atoms with Crippen molar-refractivity contribution in [3.8, 4) is 0 Å². The van der Waals surface area contributed by atoms with Crippen LogP contribution in [0, 0.1) is 0 Å². The fourth-order valence-electron chi connectivity index (χ4n) is 0.115. The van der Waals surface area contributed by atoms with Gasteiger partial charge in [0, 0.05) is 0 Å². The monoisotopic (exact) mass is 216 g/mol. The Morgan fingerprint density at radius 3 is 1.38 bits per heavy atom. The molecule has 8 nitrogen and oxygen atoms in total. The van der Waals surface area contributed by atoms with Gasteiger partial charge in [0.2, 0.25) is 0 Å². The fraction of sp³-hybridized carbons (Fsp3) is 0.500. The first kappa shape index (κ1) is 14.3. The lowest BCUT2D eigenvalue weighted by Crippen LogP contribution is -2.09. The molecule has 0 radical (unpaired) electrons. The van der Waals surface area contributed by atoms with Gasteiger partial charge in [-0.05, 0) is 0 Å². The van der Waals surface area contributed by atoms with Crippen LogP contribution in [0.3, 0.4) is 0 Å². The Balaban J connectivity index is 0. The van der Waals surface area contributed by atoms with Gasteiger partial charge in [0.15, 0.2) is 0 Å². The van der Waals surface area contributed by atoms with Crippen molar-refractivity contribution in [2.45, 2.75) is 0 Å². The summed E-state index contributed by atoms with van der Waals surface area (Å²) in [5.41, 5.74) is 0. The molecule has 0 spiro atoms. The zero-order valence-corrected chi connectivity index (χ0v) is 7.06. The first-order valence-corrected chi connectivity index (χ1v) is 4.34. The lowest BCUT2D eigenvalue weighted by molar-refractivity contribution is -0.159. The third kappa shape index (κ3) is 18.1. The van der Waals surface area contributed by atoms with E-state index in [1.165, 1.54) is 0 Å². The lowest BCUT2D eigenvalue weighted by atomic mass is 10.7. The van der Waals surface area contributed by atoms with Crippen LogP contribution in [-0.4, -0.2) is 52.6 Å². The maximum Gasteiger partial charge on any atom is 0.414 e. The topological polar surface area (TPSA) is 149 Å². The second-order valence-corrected chi connectivity index (χ2v) is 3.19. The zero-order valence-electron chi connectivity index (χ0n) is 6.24. The van der Waals surface area contributed by atoms with Crippen LogP contribution in [0.2, 0.25) is 0 Å². The van der Waals surface area contributed by atoms with Crippen molar-refractivity contribution in [3.05, 3.63) is 0 Å². The molecule has 0 aliphatic carbocycles. The number of hydrogen-bond donors (Lipinski definition) is 4. The summed E-state index contributed by atoms with van der Waals surface area (Å²) in [5, 5.41) is 22.6. The summed E-state index contributed by atoms with van der Waals surface area (Å²) in [6.07, 6.45) is 0. The quantitative estimate of drug-likeness (QED) is 0.306. The first-order chi connectivity index (χ1) is 5.70. The van der Waals surface area contributed by atoms with Gasteiger partial charge in [-0.15, -0.1) is 0 Å². The maximum atomic E-state index is 9.63. The molecule has 0 amide bonds. The van der Waals surface area contributed by atoms with E-state index >= 15 is 0 Å². The Bertz CT molecular complexity index is 252. The number of carboxylic acids is 2. The summed E-state index contributed by atoms with van der Waals surface area (Å²) in [6, 6.07) is 0. The molecule has 0 fully saturated rings. The van der Waals surface area contributed by atoms with Gasteiger partial charge in [0.25, 0.3) is 10.1 Å². The van der Waals surface area contributed by atoms with Gasteiger partial charge in [-0.1, -0.05) is 0 Å². The van der Waals surface area contributed by atoms with Crippen LogP contribution in [0.15, 0.2) is 0 Å². The van der Waals surface area contributed by atoms with E-state index in [-0.39, 0.29) is 0 Å². The van der Waals surface area contributed by atoms with Gasteiger partial charge in [-0.2, -0.15) is 8.42 Å². The Morgan fingerprint density at radius 2 is 1.38 bits per heavy atom. The van der Waals surface area contributed by atoms with E-state index in [1.54, 1.807) is 0 Å². The van der Waals surface area contributed by atoms with Crippen LogP contribution in [0.4, 0.5) is 0 Å². The average molecular weight is 216 g/mol. The smallest absolute Gasteiger partial charge is 0.414 e. The minimum absolute atomic E-state index is 0.529. The summed E-state index contributed by atoms with van der Waals surface area (Å²) in [7, 11) is -3.92. The third-order valence-electron chi connectivity index (χ3n) is 0.532. The molecule has 9 heteroatoms. The van der Waals surface area contributed by atoms with Gasteiger partial charge < -0.3 is 15.3 Å². The van der Waals surface area contributed by atoms with Crippen LogP contribution in [-0.2, 0) is 19.7 Å². The van der Waals surface area contributed by atoms with Crippen molar-refractivity contribution >= 4 is 22.1 Å². The molecule has 0 aliphatic rings. The Kier molecular flexibility index (Phi) is 6.99. The maximum absolute atomic E-state index is 9.63. The largest absolute Gasteiger partial charge is 0.473 e. The molecule has 13 heavy (non-hydrogen) atoms. The molecule has 0 bridgehead atoms.